The number of methoxy groups -OCH3 is 4. The summed E-state index contributed by atoms with van der Waals surface area (Å²) in [5.41, 5.74) is -9.27. The van der Waals surface area contributed by atoms with Crippen LogP contribution in [-0.4, -0.2) is 298 Å². The fourth-order valence-corrected chi connectivity index (χ4v) is 17.7. The van der Waals surface area contributed by atoms with Crippen molar-refractivity contribution in [3.8, 4) is 0 Å². The van der Waals surface area contributed by atoms with Gasteiger partial charge in [-0.25, -0.2) is 0 Å². The minimum Gasteiger partial charge on any atom is -0.459 e. The number of rotatable bonds is 19. The molecule has 28 nitrogen and oxygen atoms in total. The standard InChI is InChI=1S/C76H136N2O26/c1-27-51-75(19,89)61(83)41(7)55(79)37(3)33-73(17,93-25)65(43(9)59(45(11)67(87)99-51)101-53-35-71(15,91-23)63(85)47(13)97-53)103-69-57(81)49(31-39(5)95-69)77(21)29-30-78(22)50-32-40(6)96-70(58(50)82)104-66-44(10)60(102-54-36-72(16,92-24)64(86)48(14)98-54)46(12)68(88)100-52(28-2)76(20,90)62(84)42(8)56(80)38(4)34-74(66,18)94-26/h37-54,57-66,69-70,81-86,89-90H,27-36H2,1-26H3/t37-,38-,39?,40?,41+,42+,43+,44+,45-,46-,47?,48?,49?,50?,51-,52-,53?,54?,57?,58?,59+,60+,61-,62-,63?,64?,65-,66-,69?,70?,71?,72?,73+,74+,75-,76-/m1/s1. The van der Waals surface area contributed by atoms with E-state index in [1.165, 1.54) is 56.1 Å². The van der Waals surface area contributed by atoms with Gasteiger partial charge in [-0.2, -0.15) is 0 Å². The van der Waals surface area contributed by atoms with Crippen molar-refractivity contribution in [1.82, 2.24) is 9.80 Å². The molecule has 0 spiro atoms. The molecule has 6 heterocycles. The van der Waals surface area contributed by atoms with E-state index in [0.29, 0.717) is 25.9 Å². The number of ether oxygens (including phenoxy) is 14. The molecule has 0 radical (unpaired) electrons. The molecule has 0 bridgehead atoms. The van der Waals surface area contributed by atoms with Gasteiger partial charge in [0.05, 0.1) is 95.3 Å². The maximum absolute atomic E-state index is 14.7. The van der Waals surface area contributed by atoms with Gasteiger partial charge in [0, 0.05) is 102 Å². The molecule has 0 aromatic carbocycles. The molecule has 0 aromatic heterocycles. The summed E-state index contributed by atoms with van der Waals surface area (Å²) in [5.74, 6) is -10.3. The lowest BCUT2D eigenvalue weighted by molar-refractivity contribution is -0.320. The normalized spacial score (nSPS) is 49.2. The number of hydrogen-bond donors (Lipinski definition) is 8. The second kappa shape index (κ2) is 36.3. The third-order valence-corrected chi connectivity index (χ3v) is 25.1. The summed E-state index contributed by atoms with van der Waals surface area (Å²) >= 11 is 0. The Hall–Kier alpha value is -2.60. The molecule has 36 atom stereocenters. The first-order valence-corrected chi connectivity index (χ1v) is 38.0. The first-order chi connectivity index (χ1) is 48.1. The zero-order chi connectivity index (χ0) is 78.8. The Morgan fingerprint density at radius 1 is 0.433 bits per heavy atom. The fourth-order valence-electron chi connectivity index (χ4n) is 17.7. The van der Waals surface area contributed by atoms with Crippen LogP contribution in [-0.2, 0) is 85.5 Å². The quantitative estimate of drug-likeness (QED) is 0.0817. The predicted molar refractivity (Wildman–Crippen MR) is 380 cm³/mol. The lowest BCUT2D eigenvalue weighted by Gasteiger charge is -2.50. The van der Waals surface area contributed by atoms with Gasteiger partial charge in [-0.3, -0.25) is 29.0 Å². The van der Waals surface area contributed by atoms with Gasteiger partial charge >= 0.3 is 11.9 Å². The monoisotopic (exact) mass is 1490 g/mol. The Morgan fingerprint density at radius 2 is 0.740 bits per heavy atom. The highest BCUT2D eigenvalue weighted by molar-refractivity contribution is 5.84. The lowest BCUT2D eigenvalue weighted by atomic mass is 9.73. The number of hydrogen-bond acceptors (Lipinski definition) is 28. The molecule has 8 N–H and O–H groups in total. The Labute approximate surface area is 618 Å². The molecule has 0 saturated carbocycles. The topological polar surface area (TPSA) is 366 Å². The van der Waals surface area contributed by atoms with Gasteiger partial charge in [0.15, 0.2) is 25.2 Å². The molecule has 0 aromatic rings. The lowest BCUT2D eigenvalue weighted by Crippen LogP contribution is -2.62. The number of aliphatic hydroxyl groups excluding tert-OH is 6. The maximum Gasteiger partial charge on any atom is 0.311 e. The van der Waals surface area contributed by atoms with E-state index in [2.05, 4.69) is 0 Å². The van der Waals surface area contributed by atoms with Gasteiger partial charge in [0.1, 0.15) is 59.4 Å². The number of nitrogens with zero attached hydrogens (tertiary/aromatic N) is 2. The Bertz CT molecular complexity index is 2590. The van der Waals surface area contributed by atoms with Crippen LogP contribution in [0.5, 0.6) is 0 Å². The van der Waals surface area contributed by atoms with Crippen molar-refractivity contribution in [2.24, 2.45) is 47.3 Å². The summed E-state index contributed by atoms with van der Waals surface area (Å²) < 4.78 is 90.8. The van der Waals surface area contributed by atoms with Crippen molar-refractivity contribution in [2.45, 2.75) is 358 Å². The van der Waals surface area contributed by atoms with E-state index in [9.17, 15) is 60.0 Å². The highest BCUT2D eigenvalue weighted by Gasteiger charge is 2.58. The third-order valence-electron chi connectivity index (χ3n) is 25.1. The van der Waals surface area contributed by atoms with Gasteiger partial charge in [-0.05, 0) is 136 Å². The molecule has 6 aliphatic rings. The van der Waals surface area contributed by atoms with Crippen molar-refractivity contribution in [1.29, 1.82) is 0 Å². The largest absolute Gasteiger partial charge is 0.459 e. The predicted octanol–water partition coefficient (Wildman–Crippen LogP) is 4.63. The van der Waals surface area contributed by atoms with Crippen molar-refractivity contribution in [3.05, 3.63) is 0 Å². The molecule has 104 heavy (non-hydrogen) atoms. The maximum atomic E-state index is 14.7. The summed E-state index contributed by atoms with van der Waals surface area (Å²) in [6.45, 7) is 34.2. The highest BCUT2D eigenvalue weighted by atomic mass is 16.7. The molecule has 606 valence electrons. The van der Waals surface area contributed by atoms with Crippen LogP contribution >= 0.6 is 0 Å². The Balaban J connectivity index is 1.32. The number of carbonyl (C=O) groups excluding carboxylic acids is 4. The summed E-state index contributed by atoms with van der Waals surface area (Å²) in [6.07, 6.45) is -21.7. The first kappa shape index (κ1) is 90.3. The molecular formula is C76H136N2O26. The molecule has 6 saturated heterocycles. The van der Waals surface area contributed by atoms with Crippen molar-refractivity contribution in [3.63, 3.8) is 0 Å². The molecule has 16 unspecified atom stereocenters. The molecule has 0 amide bonds. The zero-order valence-electron chi connectivity index (χ0n) is 67.2. The van der Waals surface area contributed by atoms with Crippen LogP contribution in [0.2, 0.25) is 0 Å². The van der Waals surface area contributed by atoms with Crippen molar-refractivity contribution >= 4 is 23.5 Å². The number of ketones is 2. The average Bonchev–Trinajstić information content (AvgIpc) is 0.719. The molecule has 0 aliphatic carbocycles. The van der Waals surface area contributed by atoms with E-state index >= 15 is 0 Å². The van der Waals surface area contributed by atoms with Crippen LogP contribution in [0.4, 0.5) is 0 Å². The van der Waals surface area contributed by atoms with Gasteiger partial charge in [-0.1, -0.05) is 55.4 Å². The highest BCUT2D eigenvalue weighted by Crippen LogP contribution is 2.46. The average molecular weight is 1490 g/mol. The van der Waals surface area contributed by atoms with E-state index in [1.807, 2.05) is 37.7 Å². The van der Waals surface area contributed by atoms with Crippen LogP contribution in [0.25, 0.3) is 0 Å². The summed E-state index contributed by atoms with van der Waals surface area (Å²) in [4.78, 5) is 62.6. The minimum atomic E-state index is -2.06. The zero-order valence-corrected chi connectivity index (χ0v) is 67.2. The Morgan fingerprint density at radius 3 is 1.03 bits per heavy atom. The van der Waals surface area contributed by atoms with Gasteiger partial charge in [0.25, 0.3) is 0 Å². The van der Waals surface area contributed by atoms with E-state index in [0.717, 1.165) is 0 Å². The number of carbonyl (C=O) groups is 4. The molecule has 6 fully saturated rings. The second-order valence-corrected chi connectivity index (χ2v) is 33.3. The number of likely N-dealkylation sites (N-methyl/N-ethyl adjacent to an activating group) is 2. The third kappa shape index (κ3) is 19.5. The van der Waals surface area contributed by atoms with E-state index in [-0.39, 0.29) is 38.5 Å². The fraction of sp³-hybridized carbons (Fsp3) is 0.947. The summed E-state index contributed by atoms with van der Waals surface area (Å²) in [5, 5.41) is 95.6. The molecule has 6 aliphatic heterocycles. The van der Waals surface area contributed by atoms with Crippen LogP contribution in [0, 0.1) is 47.3 Å². The summed E-state index contributed by atoms with van der Waals surface area (Å²) in [6, 6.07) is -1.22. The Kier molecular flexibility index (Phi) is 31.5. The number of aliphatic hydroxyl groups is 8. The van der Waals surface area contributed by atoms with Crippen LogP contribution < -0.4 is 0 Å². The SMILES string of the molecule is CC[C@H]1OC(=O)[C@H](C)[C@@H](OC2CC(C)(OC)C(O)C(C)O2)[C@H](C)[C@@H](OC2OC(C)CC(N(C)CCN(C)C3CC(C)OC(O[C@@H]4[C@@H](C)[C@H](OC5CC(C)(OC)C(O)C(C)O5)[C@@H](C)C(=O)O[C@H](CC)[C@@](C)(O)[C@H](O)[C@@H](C)C(=O)[C@H](C)C[C@]4(C)OC)C3O)C2O)[C@@](C)(OC)C[C@@H](C)C(=O)[C@H](C)[C@@H](O)[C@]1(C)O. The summed E-state index contributed by atoms with van der Waals surface area (Å²) in [7, 11) is 9.64. The van der Waals surface area contributed by atoms with E-state index < -0.39 is 239 Å². The van der Waals surface area contributed by atoms with Crippen molar-refractivity contribution in [2.75, 3.05) is 55.6 Å². The number of esters is 2. The molecule has 6 rings (SSSR count). The van der Waals surface area contributed by atoms with Crippen LogP contribution in [0.3, 0.4) is 0 Å². The minimum absolute atomic E-state index is 0.0101. The van der Waals surface area contributed by atoms with Gasteiger partial charge in [0.2, 0.25) is 0 Å². The van der Waals surface area contributed by atoms with E-state index in [1.54, 1.807) is 96.9 Å². The molecular weight excluding hydrogens is 1360 g/mol. The van der Waals surface area contributed by atoms with Gasteiger partial charge < -0.3 is 107 Å². The smallest absolute Gasteiger partial charge is 0.311 e. The molecule has 28 heteroatoms. The number of Topliss-reactive ketones (excluding diaryl/α,β-unsaturated/α-hetero) is 2. The van der Waals surface area contributed by atoms with Crippen molar-refractivity contribution < 1.29 is 126 Å². The van der Waals surface area contributed by atoms with E-state index in [4.69, 9.17) is 66.3 Å². The first-order valence-electron chi connectivity index (χ1n) is 38.0. The van der Waals surface area contributed by atoms with Gasteiger partial charge in [-0.15, -0.1) is 0 Å². The number of cyclic esters (lactones) is 2. The van der Waals surface area contributed by atoms with Crippen LogP contribution in [0.15, 0.2) is 0 Å². The second-order valence-electron chi connectivity index (χ2n) is 33.3. The van der Waals surface area contributed by atoms with Crippen LogP contribution in [0.1, 0.15) is 190 Å².